The van der Waals surface area contributed by atoms with Crippen LogP contribution in [0.25, 0.3) is 0 Å². The van der Waals surface area contributed by atoms with Crippen LogP contribution >= 0.6 is 23.1 Å². The van der Waals surface area contributed by atoms with Gasteiger partial charge in [-0.3, -0.25) is 0 Å². The first-order chi connectivity index (χ1) is 7.25. The Morgan fingerprint density at radius 3 is 2.80 bits per heavy atom. The maximum atomic E-state index is 9.92. The van der Waals surface area contributed by atoms with E-state index in [1.54, 1.807) is 11.8 Å². The van der Waals surface area contributed by atoms with Gasteiger partial charge in [0.15, 0.2) is 4.34 Å². The van der Waals surface area contributed by atoms with Crippen molar-refractivity contribution in [1.29, 1.82) is 0 Å². The molecule has 0 spiro atoms. The molecule has 4 nitrogen and oxygen atoms in total. The van der Waals surface area contributed by atoms with E-state index in [-0.39, 0.29) is 11.4 Å². The molecule has 1 aromatic heterocycles. The van der Waals surface area contributed by atoms with E-state index in [4.69, 9.17) is 5.73 Å². The molecule has 0 aliphatic heterocycles. The third kappa shape index (κ3) is 3.06. The highest BCUT2D eigenvalue weighted by Crippen LogP contribution is 2.34. The lowest BCUT2D eigenvalue weighted by Gasteiger charge is -2.17. The third-order valence-electron chi connectivity index (χ3n) is 2.59. The van der Waals surface area contributed by atoms with Crippen molar-refractivity contribution in [1.82, 2.24) is 10.2 Å². The van der Waals surface area contributed by atoms with E-state index in [9.17, 15) is 5.11 Å². The van der Waals surface area contributed by atoms with Crippen LogP contribution in [0.15, 0.2) is 4.34 Å². The van der Waals surface area contributed by atoms with Crippen LogP contribution in [0.3, 0.4) is 0 Å². The molecule has 15 heavy (non-hydrogen) atoms. The van der Waals surface area contributed by atoms with Gasteiger partial charge in [-0.2, -0.15) is 0 Å². The SMILES string of the molecule is Nc1nnc(SC2CCCCCC2O)s1. The molecule has 6 heteroatoms. The standard InChI is InChI=1S/C9H15N3OS2/c10-8-11-12-9(15-8)14-7-5-3-1-2-4-6(7)13/h6-7,13H,1-5H2,(H2,10,11). The van der Waals surface area contributed by atoms with Gasteiger partial charge in [-0.1, -0.05) is 42.4 Å². The molecule has 84 valence electrons. The van der Waals surface area contributed by atoms with Crippen LogP contribution in [-0.4, -0.2) is 26.7 Å². The molecule has 2 atom stereocenters. The summed E-state index contributed by atoms with van der Waals surface area (Å²) >= 11 is 3.02. The van der Waals surface area contributed by atoms with Gasteiger partial charge in [0.1, 0.15) is 0 Å². The smallest absolute Gasteiger partial charge is 0.203 e. The number of nitrogen functional groups attached to an aromatic ring is 1. The number of aliphatic hydroxyl groups excluding tert-OH is 1. The molecule has 0 bridgehead atoms. The Balaban J connectivity index is 1.97. The summed E-state index contributed by atoms with van der Waals surface area (Å²) in [6.45, 7) is 0. The van der Waals surface area contributed by atoms with Gasteiger partial charge >= 0.3 is 0 Å². The monoisotopic (exact) mass is 245 g/mol. The van der Waals surface area contributed by atoms with Gasteiger partial charge in [-0.15, -0.1) is 10.2 Å². The zero-order chi connectivity index (χ0) is 10.7. The van der Waals surface area contributed by atoms with Crippen LogP contribution in [0.4, 0.5) is 5.13 Å². The Kier molecular flexibility index (Phi) is 3.82. The van der Waals surface area contributed by atoms with E-state index in [1.807, 2.05) is 0 Å². The van der Waals surface area contributed by atoms with Gasteiger partial charge in [-0.25, -0.2) is 0 Å². The van der Waals surface area contributed by atoms with Crippen LogP contribution in [0.5, 0.6) is 0 Å². The van der Waals surface area contributed by atoms with Crippen molar-refractivity contribution in [3.8, 4) is 0 Å². The summed E-state index contributed by atoms with van der Waals surface area (Å²) in [4.78, 5) is 0. The predicted molar refractivity (Wildman–Crippen MR) is 63.1 cm³/mol. The van der Waals surface area contributed by atoms with E-state index >= 15 is 0 Å². The van der Waals surface area contributed by atoms with Crippen molar-refractivity contribution >= 4 is 28.2 Å². The summed E-state index contributed by atoms with van der Waals surface area (Å²) in [7, 11) is 0. The van der Waals surface area contributed by atoms with Crippen molar-refractivity contribution < 1.29 is 5.11 Å². The van der Waals surface area contributed by atoms with E-state index in [0.717, 1.165) is 23.6 Å². The van der Waals surface area contributed by atoms with E-state index in [1.165, 1.54) is 24.2 Å². The van der Waals surface area contributed by atoms with Gasteiger partial charge in [0, 0.05) is 5.25 Å². The Labute approximate surface area is 97.3 Å². The molecule has 0 radical (unpaired) electrons. The molecule has 2 rings (SSSR count). The Hall–Kier alpha value is -0.330. The summed E-state index contributed by atoms with van der Waals surface area (Å²) < 4.78 is 0.874. The fourth-order valence-electron chi connectivity index (χ4n) is 1.79. The summed E-state index contributed by atoms with van der Waals surface area (Å²) in [6, 6.07) is 0. The van der Waals surface area contributed by atoms with Gasteiger partial charge in [0.05, 0.1) is 6.10 Å². The van der Waals surface area contributed by atoms with Crippen molar-refractivity contribution in [3.63, 3.8) is 0 Å². The van der Waals surface area contributed by atoms with Crippen LogP contribution < -0.4 is 5.73 Å². The van der Waals surface area contributed by atoms with E-state index in [2.05, 4.69) is 10.2 Å². The normalized spacial score (nSPS) is 27.5. The number of thioether (sulfide) groups is 1. The Morgan fingerprint density at radius 1 is 1.27 bits per heavy atom. The fraction of sp³-hybridized carbons (Fsp3) is 0.778. The van der Waals surface area contributed by atoms with Gasteiger partial charge in [0.2, 0.25) is 5.13 Å². The second-order valence-corrected chi connectivity index (χ2v) is 6.26. The maximum absolute atomic E-state index is 9.92. The third-order valence-corrected chi connectivity index (χ3v) is 4.81. The number of nitrogens with two attached hydrogens (primary N) is 1. The minimum absolute atomic E-state index is 0.206. The number of aromatic nitrogens is 2. The van der Waals surface area contributed by atoms with Crippen molar-refractivity contribution in [2.75, 3.05) is 5.73 Å². The molecule has 0 saturated heterocycles. The number of rotatable bonds is 2. The van der Waals surface area contributed by atoms with Crippen LogP contribution in [-0.2, 0) is 0 Å². The average molecular weight is 245 g/mol. The number of hydrogen-bond donors (Lipinski definition) is 2. The first kappa shape index (κ1) is 11.2. The van der Waals surface area contributed by atoms with Crippen LogP contribution in [0, 0.1) is 0 Å². The fourth-order valence-corrected chi connectivity index (χ4v) is 3.88. The molecule has 0 amide bonds. The lowest BCUT2D eigenvalue weighted by Crippen LogP contribution is -2.21. The highest BCUT2D eigenvalue weighted by molar-refractivity contribution is 8.01. The second-order valence-electron chi connectivity index (χ2n) is 3.77. The highest BCUT2D eigenvalue weighted by atomic mass is 32.2. The maximum Gasteiger partial charge on any atom is 0.203 e. The molecule has 1 aliphatic rings. The van der Waals surface area contributed by atoms with E-state index in [0.29, 0.717) is 5.13 Å². The minimum atomic E-state index is -0.206. The zero-order valence-electron chi connectivity index (χ0n) is 8.43. The molecule has 2 unspecified atom stereocenters. The molecule has 1 fully saturated rings. The molecule has 0 aromatic carbocycles. The summed E-state index contributed by atoms with van der Waals surface area (Å²) in [5.74, 6) is 0. The summed E-state index contributed by atoms with van der Waals surface area (Å²) in [5, 5.41) is 18.4. The zero-order valence-corrected chi connectivity index (χ0v) is 10.1. The first-order valence-electron chi connectivity index (χ1n) is 5.19. The number of nitrogens with zero attached hydrogens (tertiary/aromatic N) is 2. The highest BCUT2D eigenvalue weighted by Gasteiger charge is 2.23. The van der Waals surface area contributed by atoms with Crippen molar-refractivity contribution in [2.24, 2.45) is 0 Å². The Bertz CT molecular complexity index is 318. The largest absolute Gasteiger partial charge is 0.392 e. The van der Waals surface area contributed by atoms with Crippen molar-refractivity contribution in [3.05, 3.63) is 0 Å². The minimum Gasteiger partial charge on any atom is -0.392 e. The molecule has 1 saturated carbocycles. The molecular weight excluding hydrogens is 230 g/mol. The molecular formula is C9H15N3OS2. The van der Waals surface area contributed by atoms with Gasteiger partial charge in [-0.05, 0) is 12.8 Å². The van der Waals surface area contributed by atoms with Crippen LogP contribution in [0.1, 0.15) is 32.1 Å². The second kappa shape index (κ2) is 5.14. The molecule has 3 N–H and O–H groups in total. The Morgan fingerprint density at radius 2 is 2.07 bits per heavy atom. The molecule has 1 heterocycles. The predicted octanol–water partition coefficient (Wildman–Crippen LogP) is 1.91. The lowest BCUT2D eigenvalue weighted by molar-refractivity contribution is 0.163. The summed E-state index contributed by atoms with van der Waals surface area (Å²) in [6.07, 6.45) is 5.32. The lowest BCUT2D eigenvalue weighted by atomic mass is 10.1. The number of anilines is 1. The quantitative estimate of drug-likeness (QED) is 0.779. The van der Waals surface area contributed by atoms with E-state index < -0.39 is 0 Å². The molecule has 1 aromatic rings. The topological polar surface area (TPSA) is 72.0 Å². The molecule has 1 aliphatic carbocycles. The number of aliphatic hydroxyl groups is 1. The van der Waals surface area contributed by atoms with Crippen LogP contribution in [0.2, 0.25) is 0 Å². The first-order valence-corrected chi connectivity index (χ1v) is 6.89. The van der Waals surface area contributed by atoms with Gasteiger partial charge in [0.25, 0.3) is 0 Å². The summed E-state index contributed by atoms with van der Waals surface area (Å²) in [5.41, 5.74) is 5.52. The van der Waals surface area contributed by atoms with Crippen molar-refractivity contribution in [2.45, 2.75) is 47.8 Å². The average Bonchev–Trinajstić information content (AvgIpc) is 2.50. The number of hydrogen-bond acceptors (Lipinski definition) is 6. The van der Waals surface area contributed by atoms with Gasteiger partial charge < -0.3 is 10.8 Å².